The van der Waals surface area contributed by atoms with Crippen molar-refractivity contribution >= 4 is 29.0 Å². The average molecular weight is 354 g/mol. The summed E-state index contributed by atoms with van der Waals surface area (Å²) in [4.78, 5) is 21.1. The van der Waals surface area contributed by atoms with Gasteiger partial charge in [-0.1, -0.05) is 6.08 Å². The highest BCUT2D eigenvalue weighted by Crippen LogP contribution is 2.28. The smallest absolute Gasteiger partial charge is 0.256 e. The number of carbonyl (C=O) groups excluding carboxylic acids is 1. The van der Waals surface area contributed by atoms with Crippen molar-refractivity contribution in [1.82, 2.24) is 15.3 Å². The monoisotopic (exact) mass is 354 g/mol. The van der Waals surface area contributed by atoms with Crippen LogP contribution in [0.2, 0.25) is 0 Å². The second kappa shape index (κ2) is 7.73. The van der Waals surface area contributed by atoms with E-state index in [2.05, 4.69) is 25.9 Å². The quantitative estimate of drug-likeness (QED) is 0.483. The largest absolute Gasteiger partial charge is 0.487 e. The summed E-state index contributed by atoms with van der Waals surface area (Å²) in [7, 11) is 0. The van der Waals surface area contributed by atoms with Crippen LogP contribution in [0.25, 0.3) is 0 Å². The number of hydrogen-bond donors (Lipinski definition) is 4. The SMILES string of the molecule is CC(C)NC(=O)c1cnc2nc1Nc1ccc(N)c(c1)OC/C=C/CN2. The summed E-state index contributed by atoms with van der Waals surface area (Å²) in [5.74, 6) is 1.15. The van der Waals surface area contributed by atoms with Gasteiger partial charge in [-0.25, -0.2) is 4.98 Å². The second-order valence-electron chi connectivity index (χ2n) is 6.12. The summed E-state index contributed by atoms with van der Waals surface area (Å²) in [6, 6.07) is 5.33. The molecule has 0 saturated heterocycles. The van der Waals surface area contributed by atoms with E-state index in [0.717, 1.165) is 0 Å². The average Bonchev–Trinajstić information content (AvgIpc) is 2.60. The van der Waals surface area contributed by atoms with Gasteiger partial charge in [-0.15, -0.1) is 0 Å². The molecule has 2 aromatic rings. The predicted molar refractivity (Wildman–Crippen MR) is 102 cm³/mol. The Morgan fingerprint density at radius 2 is 2.19 bits per heavy atom. The lowest BCUT2D eigenvalue weighted by Gasteiger charge is -2.15. The van der Waals surface area contributed by atoms with Crippen LogP contribution in [-0.4, -0.2) is 35.1 Å². The van der Waals surface area contributed by atoms with Gasteiger partial charge in [0.25, 0.3) is 5.91 Å². The van der Waals surface area contributed by atoms with Gasteiger partial charge < -0.3 is 26.4 Å². The lowest BCUT2D eigenvalue weighted by molar-refractivity contribution is 0.0943. The van der Waals surface area contributed by atoms with Gasteiger partial charge in [0.1, 0.15) is 23.7 Å². The summed E-state index contributed by atoms with van der Waals surface area (Å²) in [6.45, 7) is 4.73. The van der Waals surface area contributed by atoms with Crippen LogP contribution >= 0.6 is 0 Å². The minimum atomic E-state index is -0.245. The first-order chi connectivity index (χ1) is 12.5. The van der Waals surface area contributed by atoms with E-state index >= 15 is 0 Å². The Morgan fingerprint density at radius 1 is 1.35 bits per heavy atom. The van der Waals surface area contributed by atoms with E-state index in [4.69, 9.17) is 10.5 Å². The number of rotatable bonds is 2. The molecule has 8 nitrogen and oxygen atoms in total. The number of carbonyl (C=O) groups is 1. The molecule has 1 aromatic carbocycles. The molecule has 5 N–H and O–H groups in total. The number of nitrogens with one attached hydrogen (secondary N) is 3. The maximum atomic E-state index is 12.5. The second-order valence-corrected chi connectivity index (χ2v) is 6.12. The Balaban J connectivity index is 2.01. The number of nitrogen functional groups attached to an aromatic ring is 1. The van der Waals surface area contributed by atoms with Gasteiger partial charge in [0.05, 0.1) is 5.69 Å². The van der Waals surface area contributed by atoms with Crippen molar-refractivity contribution in [3.63, 3.8) is 0 Å². The number of amides is 1. The molecule has 0 unspecified atom stereocenters. The Bertz CT molecular complexity index is 834. The fourth-order valence-electron chi connectivity index (χ4n) is 2.38. The van der Waals surface area contributed by atoms with Gasteiger partial charge in [-0.05, 0) is 32.1 Å². The molecule has 0 spiro atoms. The lowest BCUT2D eigenvalue weighted by atomic mass is 10.2. The molecule has 26 heavy (non-hydrogen) atoms. The van der Waals surface area contributed by atoms with E-state index < -0.39 is 0 Å². The van der Waals surface area contributed by atoms with Crippen molar-refractivity contribution in [2.45, 2.75) is 19.9 Å². The van der Waals surface area contributed by atoms with Crippen molar-refractivity contribution in [3.05, 3.63) is 42.1 Å². The molecule has 0 atom stereocenters. The summed E-state index contributed by atoms with van der Waals surface area (Å²) in [6.07, 6.45) is 5.30. The highest BCUT2D eigenvalue weighted by Gasteiger charge is 2.16. The predicted octanol–water partition coefficient (Wildman–Crippen LogP) is 2.30. The molecule has 0 saturated carbocycles. The van der Waals surface area contributed by atoms with E-state index in [1.54, 1.807) is 18.2 Å². The van der Waals surface area contributed by atoms with E-state index in [-0.39, 0.29) is 11.9 Å². The van der Waals surface area contributed by atoms with E-state index in [0.29, 0.717) is 47.6 Å². The molecule has 1 aromatic heterocycles. The molecule has 4 bridgehead atoms. The summed E-state index contributed by atoms with van der Waals surface area (Å²) in [5, 5.41) is 9.11. The zero-order valence-electron chi connectivity index (χ0n) is 14.7. The number of ether oxygens (including phenoxy) is 1. The minimum Gasteiger partial charge on any atom is -0.487 e. The molecule has 3 rings (SSSR count). The van der Waals surface area contributed by atoms with Crippen LogP contribution < -0.4 is 26.4 Å². The van der Waals surface area contributed by atoms with E-state index in [1.807, 2.05) is 26.0 Å². The number of anilines is 4. The van der Waals surface area contributed by atoms with E-state index in [1.165, 1.54) is 6.20 Å². The van der Waals surface area contributed by atoms with Crippen LogP contribution in [0, 0.1) is 0 Å². The molecule has 136 valence electrons. The Labute approximate surface area is 151 Å². The maximum Gasteiger partial charge on any atom is 0.256 e. The molecule has 1 aliphatic rings. The first-order valence-corrected chi connectivity index (χ1v) is 8.39. The molecule has 0 fully saturated rings. The zero-order chi connectivity index (χ0) is 18.5. The topological polar surface area (TPSA) is 114 Å². The molecular formula is C18H22N6O2. The van der Waals surface area contributed by atoms with Crippen LogP contribution in [0.3, 0.4) is 0 Å². The zero-order valence-corrected chi connectivity index (χ0v) is 14.7. The van der Waals surface area contributed by atoms with Crippen LogP contribution in [0.15, 0.2) is 36.5 Å². The molecule has 8 heteroatoms. The molecule has 0 aliphatic carbocycles. The molecule has 1 amide bonds. The molecule has 0 radical (unpaired) electrons. The van der Waals surface area contributed by atoms with Crippen LogP contribution in [-0.2, 0) is 0 Å². The van der Waals surface area contributed by atoms with Gasteiger partial charge in [0.2, 0.25) is 5.95 Å². The van der Waals surface area contributed by atoms with Gasteiger partial charge in [-0.2, -0.15) is 4.98 Å². The number of hydrogen-bond acceptors (Lipinski definition) is 7. The standard InChI is InChI=1S/C18H22N6O2/c1-11(2)22-17(25)13-10-21-18-20-7-3-4-8-26-15-9-12(5-6-14(15)19)23-16(13)24-18/h3-6,9-11H,7-8,19H2,1-2H3,(H,22,25)(H2,20,21,23,24)/b4-3+. The van der Waals surface area contributed by atoms with E-state index in [9.17, 15) is 4.79 Å². The first-order valence-electron chi connectivity index (χ1n) is 8.39. The third-order valence-electron chi connectivity index (χ3n) is 3.61. The first kappa shape index (κ1) is 17.5. The lowest BCUT2D eigenvalue weighted by Crippen LogP contribution is -2.31. The minimum absolute atomic E-state index is 0.00363. The Kier molecular flexibility index (Phi) is 5.21. The maximum absolute atomic E-state index is 12.5. The number of fused-ring (bicyclic) bond motifs is 4. The third-order valence-corrected chi connectivity index (χ3v) is 3.61. The number of aromatic nitrogens is 2. The Hall–Kier alpha value is -3.29. The van der Waals surface area contributed by atoms with Crippen LogP contribution in [0.4, 0.5) is 23.1 Å². The normalized spacial score (nSPS) is 14.6. The van der Waals surface area contributed by atoms with Crippen molar-refractivity contribution in [2.75, 3.05) is 29.5 Å². The molecule has 2 heterocycles. The third kappa shape index (κ3) is 4.21. The summed E-state index contributed by atoms with van der Waals surface area (Å²) in [5.41, 5.74) is 7.57. The fourth-order valence-corrected chi connectivity index (χ4v) is 2.38. The van der Waals surface area contributed by atoms with Gasteiger partial charge in [0, 0.05) is 30.5 Å². The molecule has 1 aliphatic heterocycles. The number of benzene rings is 1. The number of nitrogens with two attached hydrogens (primary N) is 1. The van der Waals surface area contributed by atoms with Crippen LogP contribution in [0.1, 0.15) is 24.2 Å². The van der Waals surface area contributed by atoms with Crippen LogP contribution in [0.5, 0.6) is 5.75 Å². The van der Waals surface area contributed by atoms with Crippen molar-refractivity contribution in [3.8, 4) is 5.75 Å². The van der Waals surface area contributed by atoms with Gasteiger partial charge >= 0.3 is 0 Å². The van der Waals surface area contributed by atoms with Crippen molar-refractivity contribution < 1.29 is 9.53 Å². The molecular weight excluding hydrogens is 332 g/mol. The summed E-state index contributed by atoms with van der Waals surface area (Å²) >= 11 is 0. The van der Waals surface area contributed by atoms with Gasteiger partial charge in [-0.3, -0.25) is 4.79 Å². The summed E-state index contributed by atoms with van der Waals surface area (Å²) < 4.78 is 5.69. The van der Waals surface area contributed by atoms with Crippen molar-refractivity contribution in [1.29, 1.82) is 0 Å². The fraction of sp³-hybridized carbons (Fsp3) is 0.278. The van der Waals surface area contributed by atoms with Gasteiger partial charge in [0.15, 0.2) is 0 Å². The highest BCUT2D eigenvalue weighted by atomic mass is 16.5. The Morgan fingerprint density at radius 3 is 3.00 bits per heavy atom. The highest BCUT2D eigenvalue weighted by molar-refractivity contribution is 5.99. The van der Waals surface area contributed by atoms with Crippen molar-refractivity contribution in [2.24, 2.45) is 0 Å². The number of nitrogens with zero attached hydrogens (tertiary/aromatic N) is 2.